The number of hydrogen-bond donors (Lipinski definition) is 1. The average Bonchev–Trinajstić information content (AvgIpc) is 2.57. The minimum atomic E-state index is -3.56. The molecule has 0 radical (unpaired) electrons. The number of nitrogens with one attached hydrogen (secondary N) is 1. The van der Waals surface area contributed by atoms with Crippen LogP contribution in [0.15, 0.2) is 18.2 Å². The SMILES string of the molecule is CS(=O)(=O)NC(=O)C1Cc2cc(Cl)ccc2O1. The number of amides is 1. The lowest BCUT2D eigenvalue weighted by Crippen LogP contribution is -2.40. The van der Waals surface area contributed by atoms with Crippen molar-refractivity contribution in [3.8, 4) is 5.75 Å². The molecule has 1 aromatic carbocycles. The van der Waals surface area contributed by atoms with Crippen LogP contribution in [-0.2, 0) is 21.2 Å². The summed E-state index contributed by atoms with van der Waals surface area (Å²) in [5.41, 5.74) is 0.797. The van der Waals surface area contributed by atoms with Crippen LogP contribution < -0.4 is 9.46 Å². The normalized spacial score (nSPS) is 18.4. The predicted molar refractivity (Wildman–Crippen MR) is 62.6 cm³/mol. The Morgan fingerprint density at radius 3 is 2.88 bits per heavy atom. The highest BCUT2D eigenvalue weighted by molar-refractivity contribution is 7.89. The van der Waals surface area contributed by atoms with Gasteiger partial charge in [-0.1, -0.05) is 11.6 Å². The molecular formula is C10H10ClNO4S. The Kier molecular flexibility index (Phi) is 3.01. The van der Waals surface area contributed by atoms with Crippen LogP contribution in [-0.4, -0.2) is 26.7 Å². The Morgan fingerprint density at radius 1 is 1.53 bits per heavy atom. The van der Waals surface area contributed by atoms with Crippen molar-refractivity contribution < 1.29 is 17.9 Å². The van der Waals surface area contributed by atoms with Gasteiger partial charge in [-0.05, 0) is 23.8 Å². The number of carbonyl (C=O) groups is 1. The number of rotatable bonds is 2. The molecule has 2 rings (SSSR count). The first kappa shape index (κ1) is 12.2. The van der Waals surface area contributed by atoms with E-state index in [0.717, 1.165) is 11.8 Å². The zero-order valence-electron chi connectivity index (χ0n) is 8.94. The van der Waals surface area contributed by atoms with Crippen LogP contribution in [0, 0.1) is 0 Å². The predicted octanol–water partition coefficient (Wildman–Crippen LogP) is 0.719. The van der Waals surface area contributed by atoms with Crippen molar-refractivity contribution in [2.24, 2.45) is 0 Å². The number of carbonyl (C=O) groups excluding carboxylic acids is 1. The lowest BCUT2D eigenvalue weighted by atomic mass is 10.1. The zero-order valence-corrected chi connectivity index (χ0v) is 10.5. The summed E-state index contributed by atoms with van der Waals surface area (Å²) in [5, 5.41) is 0.552. The van der Waals surface area contributed by atoms with E-state index >= 15 is 0 Å². The Labute approximate surface area is 104 Å². The van der Waals surface area contributed by atoms with E-state index in [0.29, 0.717) is 17.2 Å². The summed E-state index contributed by atoms with van der Waals surface area (Å²) in [7, 11) is -3.56. The third-order valence-electron chi connectivity index (χ3n) is 2.28. The van der Waals surface area contributed by atoms with Gasteiger partial charge in [0.15, 0.2) is 6.10 Å². The molecule has 7 heteroatoms. The molecule has 1 aliphatic heterocycles. The van der Waals surface area contributed by atoms with Crippen molar-refractivity contribution in [1.82, 2.24) is 4.72 Å². The summed E-state index contributed by atoms with van der Waals surface area (Å²) >= 11 is 5.81. The Bertz CT molecular complexity index is 570. The first-order valence-corrected chi connectivity index (χ1v) is 7.09. The Morgan fingerprint density at radius 2 is 2.24 bits per heavy atom. The topological polar surface area (TPSA) is 72.5 Å². The largest absolute Gasteiger partial charge is 0.480 e. The fraction of sp³-hybridized carbons (Fsp3) is 0.300. The molecule has 17 heavy (non-hydrogen) atoms. The first-order valence-electron chi connectivity index (χ1n) is 4.82. The number of ether oxygens (including phenoxy) is 1. The number of fused-ring (bicyclic) bond motifs is 1. The molecule has 0 fully saturated rings. The van der Waals surface area contributed by atoms with E-state index in [-0.39, 0.29) is 0 Å². The van der Waals surface area contributed by atoms with E-state index in [1.165, 1.54) is 0 Å². The van der Waals surface area contributed by atoms with Crippen molar-refractivity contribution in [3.05, 3.63) is 28.8 Å². The summed E-state index contributed by atoms with van der Waals surface area (Å²) in [6, 6.07) is 5.01. The maximum atomic E-state index is 11.6. The fourth-order valence-corrected chi connectivity index (χ4v) is 2.30. The molecule has 1 N–H and O–H groups in total. The Hall–Kier alpha value is -1.27. The number of halogens is 1. The summed E-state index contributed by atoms with van der Waals surface area (Å²) in [6.45, 7) is 0. The van der Waals surface area contributed by atoms with E-state index in [9.17, 15) is 13.2 Å². The lowest BCUT2D eigenvalue weighted by Gasteiger charge is -2.09. The average molecular weight is 276 g/mol. The minimum absolute atomic E-state index is 0.317. The van der Waals surface area contributed by atoms with Gasteiger partial charge in [0, 0.05) is 11.4 Å². The Balaban J connectivity index is 2.13. The van der Waals surface area contributed by atoms with Gasteiger partial charge in [-0.25, -0.2) is 8.42 Å². The van der Waals surface area contributed by atoms with Crippen molar-refractivity contribution >= 4 is 27.5 Å². The van der Waals surface area contributed by atoms with Gasteiger partial charge < -0.3 is 4.74 Å². The van der Waals surface area contributed by atoms with Gasteiger partial charge in [-0.2, -0.15) is 0 Å². The van der Waals surface area contributed by atoms with Gasteiger partial charge in [0.2, 0.25) is 10.0 Å². The summed E-state index contributed by atoms with van der Waals surface area (Å²) in [5.74, 6) is -0.108. The molecule has 1 unspecified atom stereocenters. The number of hydrogen-bond acceptors (Lipinski definition) is 4. The highest BCUT2D eigenvalue weighted by Gasteiger charge is 2.30. The highest BCUT2D eigenvalue weighted by Crippen LogP contribution is 2.31. The van der Waals surface area contributed by atoms with Gasteiger partial charge in [0.25, 0.3) is 5.91 Å². The van der Waals surface area contributed by atoms with Crippen LogP contribution in [0.25, 0.3) is 0 Å². The van der Waals surface area contributed by atoms with E-state index in [1.807, 2.05) is 4.72 Å². The lowest BCUT2D eigenvalue weighted by molar-refractivity contribution is -0.125. The minimum Gasteiger partial charge on any atom is -0.480 e. The van der Waals surface area contributed by atoms with Gasteiger partial charge in [0.1, 0.15) is 5.75 Å². The van der Waals surface area contributed by atoms with Gasteiger partial charge in [-0.15, -0.1) is 0 Å². The third kappa shape index (κ3) is 2.89. The molecule has 1 heterocycles. The molecule has 0 bridgehead atoms. The summed E-state index contributed by atoms with van der Waals surface area (Å²) in [6.07, 6.45) is 0.416. The molecule has 1 atom stereocenters. The van der Waals surface area contributed by atoms with Crippen molar-refractivity contribution in [1.29, 1.82) is 0 Å². The fourth-order valence-electron chi connectivity index (χ4n) is 1.61. The first-order chi connectivity index (χ1) is 7.85. The zero-order chi connectivity index (χ0) is 12.6. The van der Waals surface area contributed by atoms with Crippen LogP contribution in [0.1, 0.15) is 5.56 Å². The molecule has 0 saturated heterocycles. The molecule has 92 valence electrons. The van der Waals surface area contributed by atoms with Crippen LogP contribution in [0.3, 0.4) is 0 Å². The highest BCUT2D eigenvalue weighted by atomic mass is 35.5. The smallest absolute Gasteiger partial charge is 0.274 e. The second-order valence-electron chi connectivity index (χ2n) is 3.80. The van der Waals surface area contributed by atoms with Crippen molar-refractivity contribution in [2.75, 3.05) is 6.26 Å². The van der Waals surface area contributed by atoms with Crippen molar-refractivity contribution in [2.45, 2.75) is 12.5 Å². The van der Waals surface area contributed by atoms with Gasteiger partial charge in [0.05, 0.1) is 6.26 Å². The maximum Gasteiger partial charge on any atom is 0.274 e. The van der Waals surface area contributed by atoms with Gasteiger partial charge in [-0.3, -0.25) is 9.52 Å². The van der Waals surface area contributed by atoms with Crippen LogP contribution in [0.4, 0.5) is 0 Å². The quantitative estimate of drug-likeness (QED) is 0.863. The molecule has 1 aromatic rings. The summed E-state index contributed by atoms with van der Waals surface area (Å²) < 4.78 is 29.1. The van der Waals surface area contributed by atoms with Crippen molar-refractivity contribution in [3.63, 3.8) is 0 Å². The molecule has 0 aromatic heterocycles. The van der Waals surface area contributed by atoms with Crippen LogP contribution in [0.2, 0.25) is 5.02 Å². The van der Waals surface area contributed by atoms with E-state index < -0.39 is 22.0 Å². The molecule has 0 aliphatic carbocycles. The molecule has 1 amide bonds. The summed E-state index contributed by atoms with van der Waals surface area (Å²) in [4.78, 5) is 11.6. The third-order valence-corrected chi connectivity index (χ3v) is 3.08. The standard InChI is InChI=1S/C10H10ClNO4S/c1-17(14,15)12-10(13)9-5-6-4-7(11)2-3-8(6)16-9/h2-4,9H,5H2,1H3,(H,12,13). The molecule has 0 saturated carbocycles. The molecule has 0 spiro atoms. The molecular weight excluding hydrogens is 266 g/mol. The van der Waals surface area contributed by atoms with Gasteiger partial charge >= 0.3 is 0 Å². The van der Waals surface area contributed by atoms with E-state index in [2.05, 4.69) is 0 Å². The maximum absolute atomic E-state index is 11.6. The van der Waals surface area contributed by atoms with Crippen LogP contribution >= 0.6 is 11.6 Å². The van der Waals surface area contributed by atoms with E-state index in [4.69, 9.17) is 16.3 Å². The number of benzene rings is 1. The molecule has 1 aliphatic rings. The van der Waals surface area contributed by atoms with E-state index in [1.54, 1.807) is 18.2 Å². The number of sulfonamides is 1. The molecule has 5 nitrogen and oxygen atoms in total. The monoisotopic (exact) mass is 275 g/mol. The second kappa shape index (κ2) is 4.19. The second-order valence-corrected chi connectivity index (χ2v) is 5.99. The van der Waals surface area contributed by atoms with Crippen LogP contribution in [0.5, 0.6) is 5.75 Å².